The van der Waals surface area contributed by atoms with E-state index in [1.54, 1.807) is 0 Å². The van der Waals surface area contributed by atoms with Crippen LogP contribution in [-0.4, -0.2) is 0 Å². The van der Waals surface area contributed by atoms with Crippen LogP contribution in [-0.2, 0) is 10.8 Å². The van der Waals surface area contributed by atoms with Crippen LogP contribution in [0.3, 0.4) is 0 Å². The van der Waals surface area contributed by atoms with E-state index in [4.69, 9.17) is 18.6 Å². The molecule has 0 spiro atoms. The van der Waals surface area contributed by atoms with Crippen LogP contribution in [0.25, 0.3) is 6.08 Å². The summed E-state index contributed by atoms with van der Waals surface area (Å²) in [6.45, 7) is 29.8. The van der Waals surface area contributed by atoms with E-state index in [0.717, 1.165) is 0 Å². The SMILES string of the molecule is CC(C=Cc1cc(C(C)(C)C)[s+]c(C(C)(C)C)c1)=CC=C1C=C(C(C)(C)C)SC(C(C)(C)C)=C1.[O-][Cl+3]([O-])([O-])[O-]. The molecule has 4 nitrogen and oxygen atoms in total. The highest BCUT2D eigenvalue weighted by Gasteiger charge is 2.31. The lowest BCUT2D eigenvalue weighted by molar-refractivity contribution is -2.00. The van der Waals surface area contributed by atoms with E-state index < -0.39 is 10.2 Å². The quantitative estimate of drug-likeness (QED) is 0.300. The number of rotatable bonds is 3. The standard InChI is InChI=1S/C32H47S2.ClHO4/c1-22(14-16-23-18-25(29(2,3)4)33-26(19-23)30(5,6)7)15-17-24-20-27(31(8,9)10)34-28(21-24)32(11,12)13;2-1(3,4)5/h14-21H,1-13H3;(H,2,3,4,5)/q+1;/p-1. The van der Waals surface area contributed by atoms with Crippen molar-refractivity contribution in [2.24, 2.45) is 10.8 Å². The summed E-state index contributed by atoms with van der Waals surface area (Å²) in [5.41, 5.74) is 4.42. The van der Waals surface area contributed by atoms with Gasteiger partial charge in [-0.15, -0.1) is 10.2 Å². The lowest BCUT2D eigenvalue weighted by Crippen LogP contribution is -2.68. The fraction of sp³-hybridized carbons (Fsp3) is 0.531. The number of allylic oxidation sites excluding steroid dienone is 9. The molecule has 0 radical (unpaired) electrons. The van der Waals surface area contributed by atoms with E-state index in [2.05, 4.69) is 139 Å². The molecular formula is C32H47ClO4S2. The van der Waals surface area contributed by atoms with Gasteiger partial charge in [-0.3, -0.25) is 0 Å². The fourth-order valence-corrected chi connectivity index (χ4v) is 5.70. The van der Waals surface area contributed by atoms with Gasteiger partial charge in [-0.1, -0.05) is 125 Å². The molecule has 39 heavy (non-hydrogen) atoms. The Morgan fingerprint density at radius 1 is 0.718 bits per heavy atom. The van der Waals surface area contributed by atoms with Gasteiger partial charge in [0.25, 0.3) is 0 Å². The Morgan fingerprint density at radius 3 is 1.44 bits per heavy atom. The van der Waals surface area contributed by atoms with E-state index in [1.807, 2.05) is 23.1 Å². The minimum Gasteiger partial charge on any atom is -0.222 e. The molecule has 0 bridgehead atoms. The van der Waals surface area contributed by atoms with Gasteiger partial charge in [-0.2, -0.15) is 0 Å². The second-order valence-corrected chi connectivity index (χ2v) is 17.0. The Morgan fingerprint density at radius 2 is 1.10 bits per heavy atom. The van der Waals surface area contributed by atoms with Crippen LogP contribution in [0.4, 0.5) is 0 Å². The summed E-state index contributed by atoms with van der Waals surface area (Å²) >= 11 is 3.89. The summed E-state index contributed by atoms with van der Waals surface area (Å²) in [6.07, 6.45) is 13.7. The second-order valence-electron chi connectivity index (χ2n) is 14.0. The van der Waals surface area contributed by atoms with Crippen LogP contribution >= 0.6 is 23.1 Å². The van der Waals surface area contributed by atoms with Crippen LogP contribution in [0.1, 0.15) is 105 Å². The van der Waals surface area contributed by atoms with Gasteiger partial charge in [0.2, 0.25) is 21.1 Å². The summed E-state index contributed by atoms with van der Waals surface area (Å²) < 4.78 is 34.0. The van der Waals surface area contributed by atoms with Crippen molar-refractivity contribution in [2.45, 2.75) is 101 Å². The predicted octanol–water partition coefficient (Wildman–Crippen LogP) is 6.36. The molecule has 0 N–H and O–H groups in total. The summed E-state index contributed by atoms with van der Waals surface area (Å²) in [5, 5.41) is 0. The molecule has 0 aromatic carbocycles. The third kappa shape index (κ3) is 13.8. The molecule has 1 aliphatic heterocycles. The minimum atomic E-state index is -4.94. The number of thioether (sulfide) groups is 1. The van der Waals surface area contributed by atoms with Crippen molar-refractivity contribution >= 4 is 29.2 Å². The van der Waals surface area contributed by atoms with E-state index in [0.29, 0.717) is 0 Å². The first-order chi connectivity index (χ1) is 17.3. The van der Waals surface area contributed by atoms with Gasteiger partial charge in [0.1, 0.15) is 0 Å². The Kier molecular flexibility index (Phi) is 12.1. The van der Waals surface area contributed by atoms with Gasteiger partial charge >= 0.3 is 0 Å². The maximum Gasteiger partial charge on any atom is 0.219 e. The van der Waals surface area contributed by atoms with Crippen molar-refractivity contribution in [2.75, 3.05) is 0 Å². The van der Waals surface area contributed by atoms with Crippen LogP contribution in [0.2, 0.25) is 0 Å². The molecule has 0 aliphatic carbocycles. The molecule has 0 saturated carbocycles. The van der Waals surface area contributed by atoms with Crippen LogP contribution in [0, 0.1) is 21.1 Å². The number of halogens is 1. The summed E-state index contributed by atoms with van der Waals surface area (Å²) in [5.74, 6) is 0. The van der Waals surface area contributed by atoms with Gasteiger partial charge in [-0.25, -0.2) is 18.6 Å². The number of hydrogen-bond acceptors (Lipinski definition) is 5. The first-order valence-electron chi connectivity index (χ1n) is 13.1. The van der Waals surface area contributed by atoms with Crippen LogP contribution < -0.4 is 18.6 Å². The molecule has 0 atom stereocenters. The Hall–Kier alpha value is -1.25. The molecule has 0 amide bonds. The number of hydrogen-bond donors (Lipinski definition) is 0. The Bertz CT molecular complexity index is 1080. The van der Waals surface area contributed by atoms with Crippen molar-refractivity contribution in [3.05, 3.63) is 78.8 Å². The molecule has 1 aromatic rings. The third-order valence-electron chi connectivity index (χ3n) is 5.67. The molecule has 7 heteroatoms. The molecule has 0 fully saturated rings. The van der Waals surface area contributed by atoms with Crippen LogP contribution in [0.5, 0.6) is 0 Å². The third-order valence-corrected chi connectivity index (χ3v) is 9.47. The lowest BCUT2D eigenvalue weighted by atomic mass is 9.91. The zero-order valence-corrected chi connectivity index (χ0v) is 28.3. The molecule has 2 heterocycles. The topological polar surface area (TPSA) is 92.2 Å². The highest BCUT2D eigenvalue weighted by molar-refractivity contribution is 8.06. The largest absolute Gasteiger partial charge is 0.222 e. The zero-order chi connectivity index (χ0) is 30.6. The second kappa shape index (κ2) is 13.2. The Balaban J connectivity index is 0.00000139. The highest BCUT2D eigenvalue weighted by atomic mass is 35.7. The van der Waals surface area contributed by atoms with E-state index in [9.17, 15) is 0 Å². The molecule has 218 valence electrons. The van der Waals surface area contributed by atoms with Gasteiger partial charge < -0.3 is 0 Å². The average Bonchev–Trinajstić information content (AvgIpc) is 2.72. The van der Waals surface area contributed by atoms with Crippen molar-refractivity contribution in [3.63, 3.8) is 0 Å². The molecule has 0 unspecified atom stereocenters. The monoisotopic (exact) mass is 594 g/mol. The summed E-state index contributed by atoms with van der Waals surface area (Å²) in [6, 6.07) is 4.72. The molecule has 1 aliphatic rings. The van der Waals surface area contributed by atoms with Gasteiger partial charge in [0.15, 0.2) is 0 Å². The first-order valence-corrected chi connectivity index (χ1v) is 15.9. The predicted molar refractivity (Wildman–Crippen MR) is 160 cm³/mol. The molecule has 1 aromatic heterocycles. The van der Waals surface area contributed by atoms with E-state index >= 15 is 0 Å². The lowest BCUT2D eigenvalue weighted by Gasteiger charge is -2.31. The van der Waals surface area contributed by atoms with Gasteiger partial charge in [0, 0.05) is 23.0 Å². The van der Waals surface area contributed by atoms with Gasteiger partial charge in [-0.05, 0) is 50.9 Å². The molecular weight excluding hydrogens is 548 g/mol. The highest BCUT2D eigenvalue weighted by Crippen LogP contribution is 2.48. The first kappa shape index (κ1) is 35.8. The van der Waals surface area contributed by atoms with E-state index in [-0.39, 0.29) is 21.7 Å². The summed E-state index contributed by atoms with van der Waals surface area (Å²) in [7, 11) is -4.94. The van der Waals surface area contributed by atoms with Crippen molar-refractivity contribution in [1.82, 2.24) is 0 Å². The minimum absolute atomic E-state index is 0.150. The van der Waals surface area contributed by atoms with Crippen LogP contribution in [0.15, 0.2) is 63.5 Å². The average molecular weight is 595 g/mol. The maximum atomic E-state index is 8.49. The molecule has 2 rings (SSSR count). The van der Waals surface area contributed by atoms with Gasteiger partial charge in [0.05, 0.1) is 0 Å². The van der Waals surface area contributed by atoms with Crippen molar-refractivity contribution in [3.8, 4) is 0 Å². The van der Waals surface area contributed by atoms with Crippen molar-refractivity contribution in [1.29, 1.82) is 0 Å². The smallest absolute Gasteiger partial charge is 0.219 e. The normalized spacial score (nSPS) is 16.0. The fourth-order valence-electron chi connectivity index (χ4n) is 3.23. The Labute approximate surface area is 247 Å². The maximum absolute atomic E-state index is 8.49. The molecule has 0 saturated heterocycles. The van der Waals surface area contributed by atoms with E-state index in [1.165, 1.54) is 36.3 Å². The zero-order valence-electron chi connectivity index (χ0n) is 25.9. The summed E-state index contributed by atoms with van der Waals surface area (Å²) in [4.78, 5) is 5.73. The van der Waals surface area contributed by atoms with Crippen molar-refractivity contribution < 1.29 is 28.9 Å².